The van der Waals surface area contributed by atoms with Crippen molar-refractivity contribution in [1.29, 1.82) is 0 Å². The van der Waals surface area contributed by atoms with E-state index in [4.69, 9.17) is 11.6 Å². The van der Waals surface area contributed by atoms with Gasteiger partial charge in [-0.15, -0.1) is 0 Å². The molecule has 0 rings (SSSR count). The Bertz CT molecular complexity index is 204. The van der Waals surface area contributed by atoms with Crippen molar-refractivity contribution in [2.45, 2.75) is 19.8 Å². The van der Waals surface area contributed by atoms with E-state index in [1.54, 1.807) is 0 Å². The summed E-state index contributed by atoms with van der Waals surface area (Å²) in [4.78, 5) is 0. The zero-order chi connectivity index (χ0) is 9.56. The molecule has 0 bridgehead atoms. The van der Waals surface area contributed by atoms with Gasteiger partial charge in [0.05, 0.1) is 0 Å². The van der Waals surface area contributed by atoms with Gasteiger partial charge in [-0.05, 0) is 25.3 Å². The van der Waals surface area contributed by atoms with Gasteiger partial charge in [-0.25, -0.2) is 0 Å². The minimum atomic E-state index is 0.569. The Balaban J connectivity index is 3.70. The summed E-state index contributed by atoms with van der Waals surface area (Å²) in [6.07, 6.45) is 4.06. The summed E-state index contributed by atoms with van der Waals surface area (Å²) < 4.78 is 0. The average Bonchev–Trinajstić information content (AvgIpc) is 2.03. The van der Waals surface area contributed by atoms with Crippen molar-refractivity contribution in [3.8, 4) is 0 Å². The molecular formula is C10H14BrCl. The maximum atomic E-state index is 5.65. The first kappa shape index (κ1) is 12.0. The molecule has 0 radical (unpaired) electrons. The molecule has 0 amide bonds. The molecule has 0 spiro atoms. The first-order valence-electron chi connectivity index (χ1n) is 3.82. The number of halogens is 2. The Morgan fingerprint density at radius 2 is 2.08 bits per heavy atom. The number of alkyl halides is 1. The van der Waals surface area contributed by atoms with Crippen molar-refractivity contribution >= 4 is 27.5 Å². The summed E-state index contributed by atoms with van der Waals surface area (Å²) in [6, 6.07) is 0. The maximum Gasteiger partial charge on any atom is 0.0360 e. The fourth-order valence-electron chi connectivity index (χ4n) is 0.683. The lowest BCUT2D eigenvalue weighted by atomic mass is 10.1. The molecule has 0 nitrogen and oxygen atoms in total. The van der Waals surface area contributed by atoms with Gasteiger partial charge in [0, 0.05) is 10.4 Å². The Labute approximate surface area is 88.1 Å². The zero-order valence-corrected chi connectivity index (χ0v) is 9.71. The van der Waals surface area contributed by atoms with Crippen molar-refractivity contribution in [3.05, 3.63) is 35.4 Å². The lowest BCUT2D eigenvalue weighted by molar-refractivity contribution is 0.996. The van der Waals surface area contributed by atoms with Crippen LogP contribution < -0.4 is 0 Å². The largest absolute Gasteiger partial charge is 0.0944 e. The number of allylic oxidation sites excluding steroid dienone is 4. The minimum absolute atomic E-state index is 0.569. The van der Waals surface area contributed by atoms with Gasteiger partial charge in [0.15, 0.2) is 0 Å². The predicted molar refractivity (Wildman–Crippen MR) is 60.9 cm³/mol. The smallest absolute Gasteiger partial charge is 0.0360 e. The molecule has 2 heteroatoms. The van der Waals surface area contributed by atoms with Crippen molar-refractivity contribution in [1.82, 2.24) is 0 Å². The van der Waals surface area contributed by atoms with Crippen LogP contribution in [0, 0.1) is 0 Å². The number of rotatable bonds is 5. The zero-order valence-electron chi connectivity index (χ0n) is 7.37. The molecule has 12 heavy (non-hydrogen) atoms. The molecule has 0 atom stereocenters. The van der Waals surface area contributed by atoms with Crippen LogP contribution in [-0.2, 0) is 0 Å². The second-order valence-electron chi connectivity index (χ2n) is 2.73. The summed E-state index contributed by atoms with van der Waals surface area (Å²) in [7, 11) is 0. The fraction of sp³-hybridized carbons (Fsp3) is 0.400. The molecule has 0 fully saturated rings. The SMILES string of the molecule is C=C(Cl)C(=C)CC/C=C(\C)CBr. The first-order valence-corrected chi connectivity index (χ1v) is 5.32. The van der Waals surface area contributed by atoms with Gasteiger partial charge in [-0.1, -0.05) is 52.3 Å². The normalized spacial score (nSPS) is 11.4. The third-order valence-electron chi connectivity index (χ3n) is 1.53. The van der Waals surface area contributed by atoms with E-state index >= 15 is 0 Å². The molecule has 0 aliphatic heterocycles. The highest BCUT2D eigenvalue weighted by atomic mass is 79.9. The van der Waals surface area contributed by atoms with Crippen LogP contribution in [0.25, 0.3) is 0 Å². The van der Waals surface area contributed by atoms with E-state index in [9.17, 15) is 0 Å². The van der Waals surface area contributed by atoms with Crippen LogP contribution in [0.15, 0.2) is 35.4 Å². The monoisotopic (exact) mass is 248 g/mol. The molecule has 0 aliphatic carbocycles. The molecule has 0 heterocycles. The summed E-state index contributed by atoms with van der Waals surface area (Å²) >= 11 is 9.03. The van der Waals surface area contributed by atoms with Crippen LogP contribution in [0.3, 0.4) is 0 Å². The Morgan fingerprint density at radius 1 is 1.50 bits per heavy atom. The highest BCUT2D eigenvalue weighted by Gasteiger charge is 1.94. The fourth-order valence-corrected chi connectivity index (χ4v) is 1.01. The van der Waals surface area contributed by atoms with Crippen molar-refractivity contribution in [3.63, 3.8) is 0 Å². The second kappa shape index (κ2) is 6.50. The molecule has 68 valence electrons. The van der Waals surface area contributed by atoms with Gasteiger partial charge in [0.25, 0.3) is 0 Å². The maximum absolute atomic E-state index is 5.65. The Morgan fingerprint density at radius 3 is 2.50 bits per heavy atom. The predicted octanol–water partition coefficient (Wildman–Crippen LogP) is 4.42. The van der Waals surface area contributed by atoms with Crippen LogP contribution >= 0.6 is 27.5 Å². The average molecular weight is 250 g/mol. The van der Waals surface area contributed by atoms with E-state index in [1.807, 2.05) is 0 Å². The lowest BCUT2D eigenvalue weighted by Gasteiger charge is -2.00. The molecule has 0 aromatic carbocycles. The Kier molecular flexibility index (Phi) is 6.49. The molecular weight excluding hydrogens is 235 g/mol. The van der Waals surface area contributed by atoms with Crippen LogP contribution in [0.4, 0.5) is 0 Å². The number of hydrogen-bond donors (Lipinski definition) is 0. The van der Waals surface area contributed by atoms with Gasteiger partial charge in [0.2, 0.25) is 0 Å². The van der Waals surface area contributed by atoms with Crippen molar-refractivity contribution < 1.29 is 0 Å². The lowest BCUT2D eigenvalue weighted by Crippen LogP contribution is -1.81. The summed E-state index contributed by atoms with van der Waals surface area (Å²) in [5, 5.41) is 1.50. The third-order valence-corrected chi connectivity index (χ3v) is 2.69. The van der Waals surface area contributed by atoms with E-state index in [2.05, 4.69) is 42.1 Å². The number of hydrogen-bond acceptors (Lipinski definition) is 0. The van der Waals surface area contributed by atoms with Gasteiger partial charge in [-0.2, -0.15) is 0 Å². The third kappa shape index (κ3) is 5.62. The summed E-state index contributed by atoms with van der Waals surface area (Å²) in [5.41, 5.74) is 2.26. The van der Waals surface area contributed by atoms with Crippen LogP contribution in [0.1, 0.15) is 19.8 Å². The van der Waals surface area contributed by atoms with E-state index in [0.29, 0.717) is 5.03 Å². The topological polar surface area (TPSA) is 0 Å². The first-order chi connectivity index (χ1) is 5.57. The van der Waals surface area contributed by atoms with Crippen molar-refractivity contribution in [2.75, 3.05) is 5.33 Å². The summed E-state index contributed by atoms with van der Waals surface area (Å²) in [5.74, 6) is 0. The van der Waals surface area contributed by atoms with E-state index in [-0.39, 0.29) is 0 Å². The van der Waals surface area contributed by atoms with Crippen molar-refractivity contribution in [2.24, 2.45) is 0 Å². The van der Waals surface area contributed by atoms with Gasteiger partial charge in [-0.3, -0.25) is 0 Å². The highest BCUT2D eigenvalue weighted by Crippen LogP contribution is 2.16. The van der Waals surface area contributed by atoms with Crippen LogP contribution in [0.2, 0.25) is 0 Å². The van der Waals surface area contributed by atoms with Crippen LogP contribution in [0.5, 0.6) is 0 Å². The van der Waals surface area contributed by atoms with Crippen LogP contribution in [-0.4, -0.2) is 5.33 Å². The summed E-state index contributed by atoms with van der Waals surface area (Å²) in [6.45, 7) is 9.50. The van der Waals surface area contributed by atoms with E-state index in [1.165, 1.54) is 5.57 Å². The molecule has 0 saturated heterocycles. The minimum Gasteiger partial charge on any atom is -0.0944 e. The molecule has 0 aliphatic rings. The standard InChI is InChI=1S/C10H14BrCl/c1-8(7-11)5-4-6-9(2)10(3)12/h5H,2-4,6-7H2,1H3/b8-5+. The van der Waals surface area contributed by atoms with Gasteiger partial charge in [0.1, 0.15) is 0 Å². The van der Waals surface area contributed by atoms with Gasteiger partial charge >= 0.3 is 0 Å². The molecule has 0 saturated carbocycles. The Hall–Kier alpha value is -0.0100. The van der Waals surface area contributed by atoms with Gasteiger partial charge < -0.3 is 0 Å². The molecule has 0 unspecified atom stereocenters. The second-order valence-corrected chi connectivity index (χ2v) is 3.75. The molecule has 0 aromatic rings. The van der Waals surface area contributed by atoms with E-state index < -0.39 is 0 Å². The molecule has 0 aromatic heterocycles. The quantitative estimate of drug-likeness (QED) is 0.384. The molecule has 0 N–H and O–H groups in total. The highest BCUT2D eigenvalue weighted by molar-refractivity contribution is 9.09. The van der Waals surface area contributed by atoms with E-state index in [0.717, 1.165) is 23.7 Å².